The van der Waals surface area contributed by atoms with Crippen LogP contribution >= 0.6 is 0 Å². The van der Waals surface area contributed by atoms with Crippen molar-refractivity contribution in [1.82, 2.24) is 10.2 Å². The summed E-state index contributed by atoms with van der Waals surface area (Å²) in [4.78, 5) is 2.29. The summed E-state index contributed by atoms with van der Waals surface area (Å²) in [6, 6.07) is 6.93. The van der Waals surface area contributed by atoms with Crippen LogP contribution in [0.4, 0.5) is 26.3 Å². The van der Waals surface area contributed by atoms with Gasteiger partial charge >= 0.3 is 12.4 Å². The molecule has 1 saturated heterocycles. The monoisotopic (exact) mass is 556 g/mol. The lowest BCUT2D eigenvalue weighted by atomic mass is 9.66. The number of ether oxygens (including phenoxy) is 1. The number of hydrogen-bond donors (Lipinski definition) is 2. The van der Waals surface area contributed by atoms with E-state index in [1.165, 1.54) is 13.5 Å². The first-order chi connectivity index (χ1) is 18.3. The lowest BCUT2D eigenvalue weighted by Gasteiger charge is -2.46. The van der Waals surface area contributed by atoms with Crippen LogP contribution in [0.1, 0.15) is 60.8 Å². The van der Waals surface area contributed by atoms with Gasteiger partial charge in [-0.2, -0.15) is 26.3 Å². The fourth-order valence-corrected chi connectivity index (χ4v) is 5.61. The first-order valence-electron chi connectivity index (χ1n) is 13.1. The van der Waals surface area contributed by atoms with Crippen LogP contribution in [0, 0.1) is 11.3 Å². The second-order valence-electron chi connectivity index (χ2n) is 10.8. The van der Waals surface area contributed by atoms with Gasteiger partial charge in [0.25, 0.3) is 0 Å². The number of halogens is 6. The zero-order chi connectivity index (χ0) is 28.4. The van der Waals surface area contributed by atoms with Gasteiger partial charge in [-0.15, -0.1) is 0 Å². The quantitative estimate of drug-likeness (QED) is 0.314. The summed E-state index contributed by atoms with van der Waals surface area (Å²) in [5.74, 6) is 1.02. The molecular weight excluding hydrogens is 522 g/mol. The van der Waals surface area contributed by atoms with Crippen LogP contribution in [0.15, 0.2) is 48.7 Å². The number of aromatic hydroxyl groups is 1. The number of nitrogens with one attached hydrogen (secondary N) is 1. The van der Waals surface area contributed by atoms with Gasteiger partial charge in [-0.25, -0.2) is 0 Å². The van der Waals surface area contributed by atoms with E-state index in [4.69, 9.17) is 4.74 Å². The van der Waals surface area contributed by atoms with Gasteiger partial charge in [-0.1, -0.05) is 31.9 Å². The molecule has 2 aliphatic rings. The molecule has 0 spiro atoms. The maximum atomic E-state index is 13.3. The van der Waals surface area contributed by atoms with Crippen LogP contribution in [-0.2, 0) is 25.4 Å². The molecule has 2 N–H and O–H groups in total. The SMILES string of the molecule is C=C(NCc1cc(C(F)(F)F)cc(C(F)(F)F)c1)C1(CC2CCC2)CCN(Cc2ccc(O)c(OC)c2)CC1. The summed E-state index contributed by atoms with van der Waals surface area (Å²) >= 11 is 0. The molecule has 214 valence electrons. The Balaban J connectivity index is 1.46. The molecule has 10 heteroatoms. The maximum absolute atomic E-state index is 13.3. The van der Waals surface area contributed by atoms with Crippen molar-refractivity contribution in [3.63, 3.8) is 0 Å². The molecule has 1 saturated carbocycles. The van der Waals surface area contributed by atoms with E-state index in [2.05, 4.69) is 16.8 Å². The predicted octanol–water partition coefficient (Wildman–Crippen LogP) is 7.51. The molecular formula is C29H34F6N2O2. The third kappa shape index (κ3) is 7.01. The van der Waals surface area contributed by atoms with Gasteiger partial charge in [0.05, 0.1) is 18.2 Å². The summed E-state index contributed by atoms with van der Waals surface area (Å²) in [6.45, 7) is 6.26. The van der Waals surface area contributed by atoms with E-state index in [1.54, 1.807) is 12.1 Å². The standard InChI is InChI=1S/C29H34F6N2O2/c1-19(36-17-22-12-23(28(30,31)32)15-24(13-22)29(33,34)35)27(16-20-4-3-5-20)8-10-37(11-9-27)18-21-6-7-25(38)26(14-21)39-2/h6-7,12-15,20,36,38H,1,3-5,8-11,16-18H2,2H3. The Bertz CT molecular complexity index is 1130. The van der Waals surface area contributed by atoms with Crippen LogP contribution < -0.4 is 10.1 Å². The third-order valence-corrected chi connectivity index (χ3v) is 8.16. The summed E-state index contributed by atoms with van der Waals surface area (Å²) in [6.07, 6.45) is -3.90. The fourth-order valence-electron chi connectivity index (χ4n) is 5.61. The van der Waals surface area contributed by atoms with E-state index in [-0.39, 0.29) is 29.3 Å². The first kappa shape index (κ1) is 29.1. The molecule has 0 radical (unpaired) electrons. The zero-order valence-corrected chi connectivity index (χ0v) is 21.9. The fraction of sp³-hybridized carbons (Fsp3) is 0.517. The Labute approximate surface area is 224 Å². The normalized spacial score (nSPS) is 18.4. The van der Waals surface area contributed by atoms with Gasteiger partial charge in [-0.05, 0) is 79.7 Å². The molecule has 0 aromatic heterocycles. The Morgan fingerprint density at radius 2 is 1.62 bits per heavy atom. The molecule has 1 aliphatic carbocycles. The highest BCUT2D eigenvalue weighted by atomic mass is 19.4. The molecule has 1 aliphatic heterocycles. The van der Waals surface area contributed by atoms with Gasteiger partial charge in [0.2, 0.25) is 0 Å². The molecule has 0 amide bonds. The Morgan fingerprint density at radius 1 is 1.00 bits per heavy atom. The lowest BCUT2D eigenvalue weighted by molar-refractivity contribution is -0.143. The molecule has 0 bridgehead atoms. The van der Waals surface area contributed by atoms with E-state index < -0.39 is 23.5 Å². The van der Waals surface area contributed by atoms with Crippen LogP contribution in [0.25, 0.3) is 0 Å². The van der Waals surface area contributed by atoms with Gasteiger partial charge in [0.15, 0.2) is 11.5 Å². The number of alkyl halides is 6. The lowest BCUT2D eigenvalue weighted by Crippen LogP contribution is -2.44. The van der Waals surface area contributed by atoms with Gasteiger partial charge in [-0.3, -0.25) is 4.90 Å². The second-order valence-corrected chi connectivity index (χ2v) is 10.8. The van der Waals surface area contributed by atoms with Crippen molar-refractivity contribution in [2.45, 2.75) is 64.0 Å². The molecule has 0 atom stereocenters. The van der Waals surface area contributed by atoms with Crippen LogP contribution in [0.5, 0.6) is 11.5 Å². The molecule has 4 nitrogen and oxygen atoms in total. The van der Waals surface area contributed by atoms with Crippen molar-refractivity contribution in [2.75, 3.05) is 20.2 Å². The number of nitrogens with zero attached hydrogens (tertiary/aromatic N) is 1. The number of piperidine rings is 1. The molecule has 2 aromatic carbocycles. The topological polar surface area (TPSA) is 44.7 Å². The van der Waals surface area contributed by atoms with E-state index >= 15 is 0 Å². The highest BCUT2D eigenvalue weighted by molar-refractivity contribution is 5.41. The number of phenols is 1. The van der Waals surface area contributed by atoms with Crippen molar-refractivity contribution in [1.29, 1.82) is 0 Å². The third-order valence-electron chi connectivity index (χ3n) is 8.16. The van der Waals surface area contributed by atoms with E-state index in [0.717, 1.165) is 62.9 Å². The van der Waals surface area contributed by atoms with Gasteiger partial charge in [0.1, 0.15) is 0 Å². The Kier molecular flexibility index (Phi) is 8.44. The van der Waals surface area contributed by atoms with Crippen LogP contribution in [-0.4, -0.2) is 30.2 Å². The zero-order valence-electron chi connectivity index (χ0n) is 21.9. The number of methoxy groups -OCH3 is 1. The molecule has 39 heavy (non-hydrogen) atoms. The summed E-state index contributed by atoms with van der Waals surface area (Å²) in [5.41, 5.74) is -1.34. The number of hydrogen-bond acceptors (Lipinski definition) is 4. The Morgan fingerprint density at radius 3 is 2.13 bits per heavy atom. The summed E-state index contributed by atoms with van der Waals surface area (Å²) in [5, 5.41) is 13.0. The molecule has 1 heterocycles. The molecule has 2 aromatic rings. The number of likely N-dealkylation sites (tertiary alicyclic amines) is 1. The minimum absolute atomic E-state index is 0.0740. The van der Waals surface area contributed by atoms with Crippen molar-refractivity contribution in [3.05, 3.63) is 70.9 Å². The average Bonchev–Trinajstić information content (AvgIpc) is 2.85. The highest BCUT2D eigenvalue weighted by Gasteiger charge is 2.41. The van der Waals surface area contributed by atoms with Gasteiger partial charge in [0, 0.05) is 24.2 Å². The van der Waals surface area contributed by atoms with Crippen molar-refractivity contribution in [3.8, 4) is 11.5 Å². The van der Waals surface area contributed by atoms with E-state index in [9.17, 15) is 31.4 Å². The van der Waals surface area contributed by atoms with Gasteiger partial charge < -0.3 is 15.2 Å². The average molecular weight is 557 g/mol. The predicted molar refractivity (Wildman–Crippen MR) is 136 cm³/mol. The second kappa shape index (κ2) is 11.3. The Hall–Kier alpha value is -2.88. The van der Waals surface area contributed by atoms with Crippen molar-refractivity contribution < 1.29 is 36.2 Å². The van der Waals surface area contributed by atoms with Crippen molar-refractivity contribution >= 4 is 0 Å². The van der Waals surface area contributed by atoms with Crippen LogP contribution in [0.3, 0.4) is 0 Å². The molecule has 4 rings (SSSR count). The summed E-state index contributed by atoms with van der Waals surface area (Å²) in [7, 11) is 1.50. The van der Waals surface area contributed by atoms with E-state index in [1.807, 2.05) is 6.07 Å². The number of benzene rings is 2. The minimum atomic E-state index is -4.88. The minimum Gasteiger partial charge on any atom is -0.504 e. The summed E-state index contributed by atoms with van der Waals surface area (Å²) < 4.78 is 85.0. The molecule has 0 unspecified atom stereocenters. The number of allylic oxidation sites excluding steroid dienone is 1. The number of rotatable bonds is 9. The highest BCUT2D eigenvalue weighted by Crippen LogP contribution is 2.47. The smallest absolute Gasteiger partial charge is 0.416 e. The molecule has 2 fully saturated rings. The van der Waals surface area contributed by atoms with Crippen molar-refractivity contribution in [2.24, 2.45) is 11.3 Å². The van der Waals surface area contributed by atoms with Crippen LogP contribution in [0.2, 0.25) is 0 Å². The number of phenolic OH excluding ortho intramolecular Hbond substituents is 1. The first-order valence-corrected chi connectivity index (χ1v) is 13.1. The largest absolute Gasteiger partial charge is 0.504 e. The van der Waals surface area contributed by atoms with E-state index in [0.29, 0.717) is 23.9 Å². The maximum Gasteiger partial charge on any atom is 0.416 e.